The van der Waals surface area contributed by atoms with Crippen LogP contribution < -0.4 is 5.32 Å². The number of hydrogen-bond donors (Lipinski definition) is 3. The number of aliphatic hydroxyl groups is 1. The number of carbonyl (C=O) groups is 2. The van der Waals surface area contributed by atoms with Crippen LogP contribution >= 0.6 is 0 Å². The topological polar surface area (TPSA) is 133 Å². The number of morpholine rings is 1. The van der Waals surface area contributed by atoms with Crippen LogP contribution in [-0.2, 0) is 19.6 Å². The summed E-state index contributed by atoms with van der Waals surface area (Å²) in [5, 5.41) is 20.6. The molecule has 0 aromatic heterocycles. The van der Waals surface area contributed by atoms with Crippen LogP contribution in [0.2, 0.25) is 0 Å². The van der Waals surface area contributed by atoms with Crippen molar-refractivity contribution in [1.29, 1.82) is 0 Å². The van der Waals surface area contributed by atoms with Gasteiger partial charge in [0, 0.05) is 18.7 Å². The minimum atomic E-state index is -3.73. The number of nitrogens with zero attached hydrogens (tertiary/aromatic N) is 1. The summed E-state index contributed by atoms with van der Waals surface area (Å²) in [4.78, 5) is 23.2. The first-order chi connectivity index (χ1) is 12.5. The van der Waals surface area contributed by atoms with Crippen LogP contribution in [0.4, 0.5) is 0 Å². The molecule has 1 heterocycles. The van der Waals surface area contributed by atoms with E-state index in [1.807, 2.05) is 0 Å². The standard InChI is InChI=1S/C17H24N2O7S/c1-10-8-19(9-11(2)26-10)27(24,25)14-6-4-13(5-7-14)16(21)18-15(12(3)20)17(22)23/h4-7,10-12,15,20H,8-9H2,1-3H3,(H,18,21)(H,22,23)/t10-,11+,12-,15-/m0/s1. The smallest absolute Gasteiger partial charge is 0.328 e. The molecule has 3 N–H and O–H groups in total. The van der Waals surface area contributed by atoms with Crippen LogP contribution in [0.5, 0.6) is 0 Å². The number of carboxylic acid groups (broad SMARTS) is 1. The Balaban J connectivity index is 2.16. The molecule has 27 heavy (non-hydrogen) atoms. The molecule has 0 aliphatic carbocycles. The van der Waals surface area contributed by atoms with Gasteiger partial charge >= 0.3 is 5.97 Å². The molecule has 1 amide bonds. The lowest BCUT2D eigenvalue weighted by molar-refractivity contribution is -0.141. The van der Waals surface area contributed by atoms with Crippen molar-refractivity contribution in [1.82, 2.24) is 9.62 Å². The minimum Gasteiger partial charge on any atom is -0.480 e. The molecule has 2 rings (SSSR count). The van der Waals surface area contributed by atoms with Gasteiger partial charge in [0.1, 0.15) is 0 Å². The fraction of sp³-hybridized carbons (Fsp3) is 0.529. The summed E-state index contributed by atoms with van der Waals surface area (Å²) < 4.78 is 32.4. The number of hydrogen-bond acceptors (Lipinski definition) is 6. The highest BCUT2D eigenvalue weighted by molar-refractivity contribution is 7.89. The van der Waals surface area contributed by atoms with Crippen LogP contribution in [-0.4, -0.2) is 72.3 Å². The Bertz CT molecular complexity index is 782. The molecule has 0 bridgehead atoms. The lowest BCUT2D eigenvalue weighted by atomic mass is 10.1. The molecule has 1 aliphatic rings. The van der Waals surface area contributed by atoms with E-state index in [1.165, 1.54) is 35.5 Å². The third kappa shape index (κ3) is 5.04. The zero-order valence-electron chi connectivity index (χ0n) is 15.3. The second kappa shape index (κ2) is 8.34. The number of nitrogens with one attached hydrogen (secondary N) is 1. The molecule has 1 fully saturated rings. The van der Waals surface area contributed by atoms with Gasteiger partial charge in [0.05, 0.1) is 23.2 Å². The van der Waals surface area contributed by atoms with Gasteiger partial charge in [-0.15, -0.1) is 0 Å². The quantitative estimate of drug-likeness (QED) is 0.614. The predicted octanol–water partition coefficient (Wildman–Crippen LogP) is 0.0483. The Kier molecular flexibility index (Phi) is 6.58. The second-order valence-corrected chi connectivity index (χ2v) is 8.57. The van der Waals surface area contributed by atoms with E-state index in [0.717, 1.165) is 0 Å². The van der Waals surface area contributed by atoms with Gasteiger partial charge in [-0.2, -0.15) is 4.31 Å². The lowest BCUT2D eigenvalue weighted by Gasteiger charge is -2.34. The first kappa shape index (κ1) is 21.3. The molecule has 0 unspecified atom stereocenters. The third-order valence-electron chi connectivity index (χ3n) is 4.18. The number of rotatable bonds is 6. The van der Waals surface area contributed by atoms with Crippen molar-refractivity contribution in [3.63, 3.8) is 0 Å². The van der Waals surface area contributed by atoms with Crippen molar-refractivity contribution in [2.45, 2.75) is 50.0 Å². The van der Waals surface area contributed by atoms with Crippen molar-refractivity contribution >= 4 is 21.9 Å². The average Bonchev–Trinajstić information content (AvgIpc) is 2.58. The minimum absolute atomic E-state index is 0.0330. The van der Waals surface area contributed by atoms with Gasteiger partial charge in [0.25, 0.3) is 5.91 Å². The molecular formula is C17H24N2O7S. The molecule has 0 saturated carbocycles. The summed E-state index contributed by atoms with van der Waals surface area (Å²) in [6.45, 7) is 5.32. The van der Waals surface area contributed by atoms with Crippen molar-refractivity contribution < 1.29 is 33.0 Å². The Hall–Kier alpha value is -2.01. The van der Waals surface area contributed by atoms with Gasteiger partial charge < -0.3 is 20.3 Å². The van der Waals surface area contributed by atoms with Crippen molar-refractivity contribution in [2.75, 3.05) is 13.1 Å². The van der Waals surface area contributed by atoms with E-state index in [1.54, 1.807) is 13.8 Å². The van der Waals surface area contributed by atoms with Crippen LogP contribution in [0, 0.1) is 0 Å². The third-order valence-corrected chi connectivity index (χ3v) is 6.02. The van der Waals surface area contributed by atoms with E-state index in [9.17, 15) is 23.1 Å². The van der Waals surface area contributed by atoms with Gasteiger partial charge in [-0.3, -0.25) is 4.79 Å². The van der Waals surface area contributed by atoms with Gasteiger partial charge in [-0.1, -0.05) is 0 Å². The van der Waals surface area contributed by atoms with E-state index in [0.29, 0.717) is 0 Å². The van der Waals surface area contributed by atoms with E-state index < -0.39 is 34.0 Å². The molecule has 0 spiro atoms. The number of aliphatic carboxylic acids is 1. The van der Waals surface area contributed by atoms with Crippen molar-refractivity contribution in [3.05, 3.63) is 29.8 Å². The molecule has 9 nitrogen and oxygen atoms in total. The van der Waals surface area contributed by atoms with Crippen LogP contribution in [0.15, 0.2) is 29.2 Å². The molecule has 0 radical (unpaired) electrons. The van der Waals surface area contributed by atoms with Gasteiger partial charge in [0.2, 0.25) is 10.0 Å². The number of carboxylic acids is 1. The van der Waals surface area contributed by atoms with Crippen LogP contribution in [0.1, 0.15) is 31.1 Å². The first-order valence-electron chi connectivity index (χ1n) is 8.49. The number of aliphatic hydroxyl groups excluding tert-OH is 1. The maximum absolute atomic E-state index is 12.8. The molecule has 1 saturated heterocycles. The molecular weight excluding hydrogens is 376 g/mol. The van der Waals surface area contributed by atoms with Gasteiger partial charge in [-0.25, -0.2) is 13.2 Å². The summed E-state index contributed by atoms with van der Waals surface area (Å²) in [6, 6.07) is 3.74. The van der Waals surface area contributed by atoms with E-state index in [4.69, 9.17) is 9.84 Å². The SMILES string of the molecule is C[C@@H]1CN(S(=O)(=O)c2ccc(C(=O)N[C@H](C(=O)O)[C@H](C)O)cc2)C[C@H](C)O1. The molecule has 1 aromatic carbocycles. The molecule has 150 valence electrons. The van der Waals surface area contributed by atoms with Crippen LogP contribution in [0.25, 0.3) is 0 Å². The fourth-order valence-electron chi connectivity index (χ4n) is 2.87. The maximum atomic E-state index is 12.8. The number of amides is 1. The fourth-order valence-corrected chi connectivity index (χ4v) is 4.46. The Morgan fingerprint density at radius 3 is 2.15 bits per heavy atom. The zero-order chi connectivity index (χ0) is 20.4. The predicted molar refractivity (Wildman–Crippen MR) is 95.8 cm³/mol. The Labute approximate surface area is 158 Å². The number of carbonyl (C=O) groups excluding carboxylic acids is 1. The summed E-state index contributed by atoms with van der Waals surface area (Å²) >= 11 is 0. The highest BCUT2D eigenvalue weighted by Crippen LogP contribution is 2.21. The summed E-state index contributed by atoms with van der Waals surface area (Å²) in [5.41, 5.74) is 0.0876. The Morgan fingerprint density at radius 1 is 1.19 bits per heavy atom. The largest absolute Gasteiger partial charge is 0.480 e. The summed E-state index contributed by atoms with van der Waals surface area (Å²) in [7, 11) is -3.73. The maximum Gasteiger partial charge on any atom is 0.328 e. The molecule has 10 heteroatoms. The average molecular weight is 400 g/mol. The van der Waals surface area contributed by atoms with Gasteiger partial charge in [0.15, 0.2) is 6.04 Å². The number of benzene rings is 1. The summed E-state index contributed by atoms with van der Waals surface area (Å²) in [6.07, 6.45) is -1.72. The lowest BCUT2D eigenvalue weighted by Crippen LogP contribution is -2.48. The Morgan fingerprint density at radius 2 is 1.70 bits per heavy atom. The normalized spacial score (nSPS) is 23.4. The van der Waals surface area contributed by atoms with E-state index in [2.05, 4.69) is 5.32 Å². The van der Waals surface area contributed by atoms with Gasteiger partial charge in [-0.05, 0) is 45.0 Å². The van der Waals surface area contributed by atoms with Crippen molar-refractivity contribution in [2.24, 2.45) is 0 Å². The van der Waals surface area contributed by atoms with E-state index >= 15 is 0 Å². The first-order valence-corrected chi connectivity index (χ1v) is 9.93. The number of ether oxygens (including phenoxy) is 1. The zero-order valence-corrected chi connectivity index (χ0v) is 16.1. The van der Waals surface area contributed by atoms with Crippen molar-refractivity contribution in [3.8, 4) is 0 Å². The monoisotopic (exact) mass is 400 g/mol. The molecule has 1 aromatic rings. The molecule has 4 atom stereocenters. The number of sulfonamides is 1. The second-order valence-electron chi connectivity index (χ2n) is 6.63. The van der Waals surface area contributed by atoms with E-state index in [-0.39, 0.29) is 35.8 Å². The highest BCUT2D eigenvalue weighted by atomic mass is 32.2. The summed E-state index contributed by atoms with van der Waals surface area (Å²) in [5.74, 6) is -2.09. The van der Waals surface area contributed by atoms with Crippen LogP contribution in [0.3, 0.4) is 0 Å². The molecule has 1 aliphatic heterocycles. The highest BCUT2D eigenvalue weighted by Gasteiger charge is 2.32.